The highest BCUT2D eigenvalue weighted by molar-refractivity contribution is 9.10. The van der Waals surface area contributed by atoms with Gasteiger partial charge in [-0.1, -0.05) is 22.0 Å². The number of nitrogens with zero attached hydrogens (tertiary/aromatic N) is 2. The van der Waals surface area contributed by atoms with Crippen LogP contribution in [-0.4, -0.2) is 10.2 Å². The molecule has 0 fully saturated rings. The van der Waals surface area contributed by atoms with Gasteiger partial charge in [0.05, 0.1) is 6.54 Å². The van der Waals surface area contributed by atoms with Crippen molar-refractivity contribution in [3.05, 3.63) is 34.1 Å². The van der Waals surface area contributed by atoms with Gasteiger partial charge in [-0.25, -0.2) is 0 Å². The molecule has 0 bridgehead atoms. The van der Waals surface area contributed by atoms with Crippen molar-refractivity contribution in [1.29, 1.82) is 0 Å². The topological polar surface area (TPSA) is 64.9 Å². The summed E-state index contributed by atoms with van der Waals surface area (Å²) in [7, 11) is 0. The van der Waals surface area contributed by atoms with Crippen LogP contribution >= 0.6 is 15.9 Å². The number of nitrogens with two attached hydrogens (primary N) is 1. The molecule has 2 aromatic rings. The zero-order valence-corrected chi connectivity index (χ0v) is 9.78. The third kappa shape index (κ3) is 1.93. The average molecular weight is 268 g/mol. The maximum atomic E-state index is 5.40. The van der Waals surface area contributed by atoms with E-state index in [2.05, 4.69) is 26.1 Å². The molecule has 0 spiro atoms. The van der Waals surface area contributed by atoms with Gasteiger partial charge >= 0.3 is 0 Å². The zero-order valence-electron chi connectivity index (χ0n) is 8.20. The minimum Gasteiger partial charge on any atom is -0.419 e. The Hall–Kier alpha value is -1.20. The maximum absolute atomic E-state index is 5.40. The fourth-order valence-electron chi connectivity index (χ4n) is 1.28. The number of rotatable bonds is 2. The number of halogens is 1. The van der Waals surface area contributed by atoms with Crippen molar-refractivity contribution in [2.75, 3.05) is 0 Å². The second-order valence-corrected chi connectivity index (χ2v) is 3.97. The standard InChI is InChI=1S/C10H10BrN3O/c1-6-7(3-2-4-8(6)11)10-14-13-9(5-12)15-10/h2-4H,5,12H2,1H3. The molecule has 1 aromatic carbocycles. The molecule has 1 aromatic heterocycles. The molecule has 2 rings (SSSR count). The molecule has 0 aliphatic carbocycles. The van der Waals surface area contributed by atoms with E-state index in [-0.39, 0.29) is 6.54 Å². The van der Waals surface area contributed by atoms with Crippen LogP contribution in [0.25, 0.3) is 11.5 Å². The molecule has 0 aliphatic rings. The molecular formula is C10H10BrN3O. The van der Waals surface area contributed by atoms with Crippen molar-refractivity contribution in [1.82, 2.24) is 10.2 Å². The molecule has 15 heavy (non-hydrogen) atoms. The quantitative estimate of drug-likeness (QED) is 0.907. The number of benzene rings is 1. The molecule has 2 N–H and O–H groups in total. The Morgan fingerprint density at radius 1 is 1.40 bits per heavy atom. The predicted octanol–water partition coefficient (Wildman–Crippen LogP) is 2.27. The summed E-state index contributed by atoms with van der Waals surface area (Å²) in [5.74, 6) is 0.957. The van der Waals surface area contributed by atoms with Gasteiger partial charge < -0.3 is 10.2 Å². The number of hydrogen-bond acceptors (Lipinski definition) is 4. The first-order valence-corrected chi connectivity index (χ1v) is 5.29. The van der Waals surface area contributed by atoms with Crippen molar-refractivity contribution in [2.24, 2.45) is 5.73 Å². The lowest BCUT2D eigenvalue weighted by molar-refractivity contribution is 0.508. The van der Waals surface area contributed by atoms with Crippen LogP contribution in [0.2, 0.25) is 0 Å². The molecule has 1 heterocycles. The third-order valence-corrected chi connectivity index (χ3v) is 3.00. The van der Waals surface area contributed by atoms with Crippen LogP contribution in [0.15, 0.2) is 27.1 Å². The molecule has 0 amide bonds. The molecule has 78 valence electrons. The molecular weight excluding hydrogens is 258 g/mol. The molecule has 0 unspecified atom stereocenters. The molecule has 0 atom stereocenters. The Bertz CT molecular complexity index is 481. The minimum atomic E-state index is 0.264. The van der Waals surface area contributed by atoms with Crippen molar-refractivity contribution >= 4 is 15.9 Å². The second kappa shape index (κ2) is 4.12. The summed E-state index contributed by atoms with van der Waals surface area (Å²) in [5, 5.41) is 7.77. The fourth-order valence-corrected chi connectivity index (χ4v) is 1.65. The molecule has 4 nitrogen and oxygen atoms in total. The van der Waals surface area contributed by atoms with E-state index >= 15 is 0 Å². The van der Waals surface area contributed by atoms with E-state index in [9.17, 15) is 0 Å². The lowest BCUT2D eigenvalue weighted by Gasteiger charge is -2.02. The van der Waals surface area contributed by atoms with E-state index in [1.807, 2.05) is 25.1 Å². The van der Waals surface area contributed by atoms with Crippen LogP contribution in [0.3, 0.4) is 0 Å². The highest BCUT2D eigenvalue weighted by atomic mass is 79.9. The van der Waals surface area contributed by atoms with E-state index in [1.165, 1.54) is 0 Å². The van der Waals surface area contributed by atoms with Gasteiger partial charge in [-0.05, 0) is 24.6 Å². The first-order valence-electron chi connectivity index (χ1n) is 4.50. The summed E-state index contributed by atoms with van der Waals surface area (Å²) < 4.78 is 6.41. The summed E-state index contributed by atoms with van der Waals surface area (Å²) in [5.41, 5.74) is 7.40. The van der Waals surface area contributed by atoms with Gasteiger partial charge in [0.2, 0.25) is 11.8 Å². The lowest BCUT2D eigenvalue weighted by Crippen LogP contribution is -1.95. The van der Waals surface area contributed by atoms with E-state index < -0.39 is 0 Å². The SMILES string of the molecule is Cc1c(Br)cccc1-c1nnc(CN)o1. The van der Waals surface area contributed by atoms with Crippen LogP contribution < -0.4 is 5.73 Å². The minimum absolute atomic E-state index is 0.264. The Morgan fingerprint density at radius 3 is 2.87 bits per heavy atom. The lowest BCUT2D eigenvalue weighted by atomic mass is 10.1. The third-order valence-electron chi connectivity index (χ3n) is 2.14. The van der Waals surface area contributed by atoms with Gasteiger partial charge in [-0.3, -0.25) is 0 Å². The van der Waals surface area contributed by atoms with Gasteiger partial charge in [-0.15, -0.1) is 10.2 Å². The van der Waals surface area contributed by atoms with E-state index in [4.69, 9.17) is 10.2 Å². The van der Waals surface area contributed by atoms with Crippen molar-refractivity contribution in [3.63, 3.8) is 0 Å². The first-order chi connectivity index (χ1) is 7.22. The Balaban J connectivity index is 2.49. The predicted molar refractivity (Wildman–Crippen MR) is 60.1 cm³/mol. The van der Waals surface area contributed by atoms with Gasteiger partial charge in [0.25, 0.3) is 0 Å². The normalized spacial score (nSPS) is 10.6. The van der Waals surface area contributed by atoms with Crippen molar-refractivity contribution in [2.45, 2.75) is 13.5 Å². The number of aromatic nitrogens is 2. The molecule has 0 radical (unpaired) electrons. The largest absolute Gasteiger partial charge is 0.419 e. The van der Waals surface area contributed by atoms with E-state index in [1.54, 1.807) is 0 Å². The van der Waals surface area contributed by atoms with Crippen molar-refractivity contribution < 1.29 is 4.42 Å². The Labute approximate surface area is 95.6 Å². The van der Waals surface area contributed by atoms with Crippen LogP contribution in [0, 0.1) is 6.92 Å². The van der Waals surface area contributed by atoms with Crippen LogP contribution in [0.5, 0.6) is 0 Å². The van der Waals surface area contributed by atoms with Gasteiger partial charge in [0.15, 0.2) is 0 Å². The summed E-state index contributed by atoms with van der Waals surface area (Å²) in [6.45, 7) is 2.26. The summed E-state index contributed by atoms with van der Waals surface area (Å²) >= 11 is 3.45. The molecule has 0 saturated carbocycles. The maximum Gasteiger partial charge on any atom is 0.248 e. The van der Waals surface area contributed by atoms with Gasteiger partial charge in [-0.2, -0.15) is 0 Å². The molecule has 0 aliphatic heterocycles. The average Bonchev–Trinajstić information content (AvgIpc) is 2.70. The van der Waals surface area contributed by atoms with E-state index in [0.29, 0.717) is 11.8 Å². The first kappa shape index (κ1) is 10.3. The molecule has 5 heteroatoms. The summed E-state index contributed by atoms with van der Waals surface area (Å²) in [6, 6.07) is 5.84. The van der Waals surface area contributed by atoms with Gasteiger partial charge in [0.1, 0.15) is 0 Å². The smallest absolute Gasteiger partial charge is 0.248 e. The highest BCUT2D eigenvalue weighted by Crippen LogP contribution is 2.27. The fraction of sp³-hybridized carbons (Fsp3) is 0.200. The highest BCUT2D eigenvalue weighted by Gasteiger charge is 2.11. The van der Waals surface area contributed by atoms with E-state index in [0.717, 1.165) is 15.6 Å². The van der Waals surface area contributed by atoms with Gasteiger partial charge in [0, 0.05) is 10.0 Å². The monoisotopic (exact) mass is 267 g/mol. The van der Waals surface area contributed by atoms with Crippen molar-refractivity contribution in [3.8, 4) is 11.5 Å². The summed E-state index contributed by atoms with van der Waals surface area (Å²) in [4.78, 5) is 0. The molecule has 0 saturated heterocycles. The zero-order chi connectivity index (χ0) is 10.8. The van der Waals surface area contributed by atoms with Crippen LogP contribution in [0.4, 0.5) is 0 Å². The summed E-state index contributed by atoms with van der Waals surface area (Å²) in [6.07, 6.45) is 0. The number of hydrogen-bond donors (Lipinski definition) is 1. The van der Waals surface area contributed by atoms with Crippen LogP contribution in [0.1, 0.15) is 11.5 Å². The Kier molecular flexibility index (Phi) is 2.83. The second-order valence-electron chi connectivity index (χ2n) is 3.12. The Morgan fingerprint density at radius 2 is 2.20 bits per heavy atom. The van der Waals surface area contributed by atoms with Crippen LogP contribution in [-0.2, 0) is 6.54 Å².